The van der Waals surface area contributed by atoms with E-state index < -0.39 is 0 Å². The molecule has 0 aliphatic carbocycles. The summed E-state index contributed by atoms with van der Waals surface area (Å²) in [6, 6.07) is 6.43. The number of rotatable bonds is 2. The second kappa shape index (κ2) is 5.21. The van der Waals surface area contributed by atoms with Gasteiger partial charge in [0.15, 0.2) is 0 Å². The summed E-state index contributed by atoms with van der Waals surface area (Å²) in [6.07, 6.45) is 1.68. The smallest absolute Gasteiger partial charge is 0.250 e. The fourth-order valence-corrected chi connectivity index (χ4v) is 2.07. The zero-order chi connectivity index (χ0) is 12.4. The molecule has 2 aromatic heterocycles. The van der Waals surface area contributed by atoms with E-state index in [0.29, 0.717) is 15.9 Å². The molecule has 88 valence electrons. The van der Waals surface area contributed by atoms with Crippen molar-refractivity contribution >= 4 is 39.1 Å². The predicted molar refractivity (Wildman–Crippen MR) is 71.8 cm³/mol. The van der Waals surface area contributed by atoms with Gasteiger partial charge in [-0.05, 0) is 34.1 Å². The van der Waals surface area contributed by atoms with Crippen LogP contribution in [0.2, 0.25) is 10.2 Å². The molecule has 0 saturated heterocycles. The molecule has 0 atom stereocenters. The van der Waals surface area contributed by atoms with Gasteiger partial charge in [-0.15, -0.1) is 0 Å². The Morgan fingerprint density at radius 3 is 2.76 bits per heavy atom. The van der Waals surface area contributed by atoms with Crippen LogP contribution in [0.5, 0.6) is 0 Å². The van der Waals surface area contributed by atoms with Gasteiger partial charge in [-0.25, -0.2) is 4.98 Å². The maximum absolute atomic E-state index is 11.6. The molecule has 3 nitrogen and oxygen atoms in total. The molecule has 0 fully saturated rings. The molecule has 2 heterocycles. The Bertz CT molecular complexity index is 613. The van der Waals surface area contributed by atoms with E-state index in [1.54, 1.807) is 24.4 Å². The van der Waals surface area contributed by atoms with Crippen LogP contribution in [0.3, 0.4) is 0 Å². The Balaban J connectivity index is 2.41. The first-order chi connectivity index (χ1) is 8.06. The van der Waals surface area contributed by atoms with Crippen molar-refractivity contribution in [3.8, 4) is 0 Å². The van der Waals surface area contributed by atoms with Gasteiger partial charge in [0.1, 0.15) is 5.15 Å². The van der Waals surface area contributed by atoms with Gasteiger partial charge in [0.25, 0.3) is 5.56 Å². The molecule has 0 saturated carbocycles. The van der Waals surface area contributed by atoms with E-state index in [1.165, 1.54) is 10.6 Å². The van der Waals surface area contributed by atoms with Crippen LogP contribution in [0.4, 0.5) is 0 Å². The number of hydrogen-bond donors (Lipinski definition) is 0. The summed E-state index contributed by atoms with van der Waals surface area (Å²) in [4.78, 5) is 15.7. The molecule has 0 aromatic carbocycles. The van der Waals surface area contributed by atoms with Gasteiger partial charge in [0, 0.05) is 16.7 Å². The minimum atomic E-state index is -0.119. The molecule has 17 heavy (non-hydrogen) atoms. The standard InChI is InChI=1S/C11H7BrCl2N2O/c12-7-1-4-11(17)16(5-7)6-9-8(13)2-3-10(14)15-9/h1-5H,6H2. The van der Waals surface area contributed by atoms with Crippen LogP contribution in [-0.4, -0.2) is 9.55 Å². The number of nitrogens with zero attached hydrogens (tertiary/aromatic N) is 2. The minimum absolute atomic E-state index is 0.119. The topological polar surface area (TPSA) is 34.9 Å². The number of aromatic nitrogens is 2. The van der Waals surface area contributed by atoms with Crippen molar-refractivity contribution in [3.63, 3.8) is 0 Å². The SMILES string of the molecule is O=c1ccc(Br)cn1Cc1nc(Cl)ccc1Cl. The lowest BCUT2D eigenvalue weighted by molar-refractivity contribution is 0.737. The number of pyridine rings is 2. The number of halogens is 3. The molecule has 2 rings (SSSR count). The van der Waals surface area contributed by atoms with Gasteiger partial charge < -0.3 is 4.57 Å². The highest BCUT2D eigenvalue weighted by molar-refractivity contribution is 9.10. The molecule has 0 radical (unpaired) electrons. The second-order valence-corrected chi connectivity index (χ2v) is 5.09. The third kappa shape index (κ3) is 3.09. The van der Waals surface area contributed by atoms with Gasteiger partial charge in [-0.2, -0.15) is 0 Å². The Morgan fingerprint density at radius 1 is 1.24 bits per heavy atom. The van der Waals surface area contributed by atoms with Crippen LogP contribution in [0.15, 0.2) is 39.7 Å². The van der Waals surface area contributed by atoms with Gasteiger partial charge in [0.05, 0.1) is 17.3 Å². The lowest BCUT2D eigenvalue weighted by atomic mass is 10.3. The zero-order valence-corrected chi connectivity index (χ0v) is 11.6. The molecule has 0 N–H and O–H groups in total. The second-order valence-electron chi connectivity index (χ2n) is 3.38. The first-order valence-corrected chi connectivity index (χ1v) is 6.28. The Hall–Kier alpha value is -0.840. The summed E-state index contributed by atoms with van der Waals surface area (Å²) in [5, 5.41) is 0.841. The Kier molecular flexibility index (Phi) is 3.86. The monoisotopic (exact) mass is 332 g/mol. The molecule has 0 unspecified atom stereocenters. The maximum atomic E-state index is 11.6. The fraction of sp³-hybridized carbons (Fsp3) is 0.0909. The Labute approximate surface area is 116 Å². The van der Waals surface area contributed by atoms with Crippen molar-refractivity contribution in [1.82, 2.24) is 9.55 Å². The largest absolute Gasteiger partial charge is 0.308 e. The lowest BCUT2D eigenvalue weighted by Crippen LogP contribution is -2.19. The molecule has 0 spiro atoms. The van der Waals surface area contributed by atoms with E-state index in [1.807, 2.05) is 0 Å². The Morgan fingerprint density at radius 2 is 2.00 bits per heavy atom. The van der Waals surface area contributed by atoms with E-state index in [0.717, 1.165) is 4.47 Å². The van der Waals surface area contributed by atoms with Crippen molar-refractivity contribution in [1.29, 1.82) is 0 Å². The third-order valence-corrected chi connectivity index (χ3v) is 3.18. The normalized spacial score (nSPS) is 10.5. The van der Waals surface area contributed by atoms with Crippen LogP contribution >= 0.6 is 39.1 Å². The third-order valence-electron chi connectivity index (χ3n) is 2.15. The summed E-state index contributed by atoms with van der Waals surface area (Å²) in [6.45, 7) is 0.289. The van der Waals surface area contributed by atoms with E-state index in [4.69, 9.17) is 23.2 Å². The van der Waals surface area contributed by atoms with Crippen LogP contribution in [0.25, 0.3) is 0 Å². The lowest BCUT2D eigenvalue weighted by Gasteiger charge is -2.07. The summed E-state index contributed by atoms with van der Waals surface area (Å²) in [7, 11) is 0. The van der Waals surface area contributed by atoms with E-state index in [9.17, 15) is 4.79 Å². The van der Waals surface area contributed by atoms with Crippen LogP contribution in [-0.2, 0) is 6.54 Å². The highest BCUT2D eigenvalue weighted by Crippen LogP contribution is 2.17. The van der Waals surface area contributed by atoms with Gasteiger partial charge in [-0.3, -0.25) is 4.79 Å². The first-order valence-electron chi connectivity index (χ1n) is 4.73. The van der Waals surface area contributed by atoms with Gasteiger partial charge >= 0.3 is 0 Å². The van der Waals surface area contributed by atoms with Crippen molar-refractivity contribution in [2.45, 2.75) is 6.54 Å². The molecule has 6 heteroatoms. The molecule has 0 bridgehead atoms. The van der Waals surface area contributed by atoms with Crippen LogP contribution in [0.1, 0.15) is 5.69 Å². The van der Waals surface area contributed by atoms with Gasteiger partial charge in [-0.1, -0.05) is 23.2 Å². The average Bonchev–Trinajstić information content (AvgIpc) is 2.28. The van der Waals surface area contributed by atoms with Gasteiger partial charge in [0.2, 0.25) is 0 Å². The summed E-state index contributed by atoms with van der Waals surface area (Å²) in [5.74, 6) is 0. The average molecular weight is 334 g/mol. The first kappa shape index (κ1) is 12.6. The summed E-state index contributed by atoms with van der Waals surface area (Å²) < 4.78 is 2.32. The zero-order valence-electron chi connectivity index (χ0n) is 8.53. The molecular formula is C11H7BrCl2N2O. The van der Waals surface area contributed by atoms with E-state index in [2.05, 4.69) is 20.9 Å². The van der Waals surface area contributed by atoms with Crippen LogP contribution < -0.4 is 5.56 Å². The quantitative estimate of drug-likeness (QED) is 0.790. The molecule has 0 amide bonds. The predicted octanol–water partition coefficient (Wildman–Crippen LogP) is 3.36. The molecule has 2 aromatic rings. The van der Waals surface area contributed by atoms with E-state index in [-0.39, 0.29) is 12.1 Å². The molecule has 0 aliphatic heterocycles. The minimum Gasteiger partial charge on any atom is -0.308 e. The summed E-state index contributed by atoms with van der Waals surface area (Å²) in [5.41, 5.74) is 0.449. The maximum Gasteiger partial charge on any atom is 0.250 e. The number of hydrogen-bond acceptors (Lipinski definition) is 2. The van der Waals surface area contributed by atoms with Crippen molar-refractivity contribution in [3.05, 3.63) is 61.2 Å². The van der Waals surface area contributed by atoms with Crippen molar-refractivity contribution in [2.24, 2.45) is 0 Å². The fourth-order valence-electron chi connectivity index (χ4n) is 1.36. The highest BCUT2D eigenvalue weighted by Gasteiger charge is 2.05. The van der Waals surface area contributed by atoms with Crippen molar-refractivity contribution in [2.75, 3.05) is 0 Å². The molecule has 0 aliphatic rings. The highest BCUT2D eigenvalue weighted by atomic mass is 79.9. The van der Waals surface area contributed by atoms with Crippen molar-refractivity contribution < 1.29 is 0 Å². The van der Waals surface area contributed by atoms with E-state index >= 15 is 0 Å². The van der Waals surface area contributed by atoms with Crippen LogP contribution in [0, 0.1) is 0 Å². The molecular weight excluding hydrogens is 327 g/mol. The summed E-state index contributed by atoms with van der Waals surface area (Å²) >= 11 is 15.1.